The molecule has 3 unspecified atom stereocenters. The van der Waals surface area contributed by atoms with Gasteiger partial charge < -0.3 is 19.1 Å². The highest BCUT2D eigenvalue weighted by Gasteiger charge is 2.59. The van der Waals surface area contributed by atoms with Gasteiger partial charge in [-0.05, 0) is 30.2 Å². The fraction of sp³-hybridized carbons (Fsp3) is 0.280. The number of para-hydroxylation sites is 1. The van der Waals surface area contributed by atoms with Crippen molar-refractivity contribution in [3.63, 3.8) is 0 Å². The molecule has 0 fully saturated rings. The van der Waals surface area contributed by atoms with Gasteiger partial charge in [-0.2, -0.15) is 0 Å². The first-order chi connectivity index (χ1) is 15.0. The predicted molar refractivity (Wildman–Crippen MR) is 117 cm³/mol. The minimum Gasteiger partial charge on any atom is -0.466 e. The molecule has 0 radical (unpaired) electrons. The van der Waals surface area contributed by atoms with Gasteiger partial charge in [-0.1, -0.05) is 54.6 Å². The van der Waals surface area contributed by atoms with Gasteiger partial charge in [0, 0.05) is 12.7 Å². The van der Waals surface area contributed by atoms with Crippen LogP contribution in [0, 0.1) is 0 Å². The summed E-state index contributed by atoms with van der Waals surface area (Å²) in [6.07, 6.45) is 3.63. The number of esters is 2. The molecule has 2 aliphatic rings. The Morgan fingerprint density at radius 3 is 2.23 bits per heavy atom. The number of carbonyl (C=O) groups excluding carboxylic acids is 2. The van der Waals surface area contributed by atoms with E-state index < -0.39 is 23.6 Å². The van der Waals surface area contributed by atoms with E-state index in [0.29, 0.717) is 6.42 Å². The van der Waals surface area contributed by atoms with Crippen molar-refractivity contribution in [2.24, 2.45) is 0 Å². The van der Waals surface area contributed by atoms with Gasteiger partial charge in [-0.25, -0.2) is 9.59 Å². The summed E-state index contributed by atoms with van der Waals surface area (Å²) in [6, 6.07) is 19.6. The minimum absolute atomic E-state index is 0.205. The lowest BCUT2D eigenvalue weighted by molar-refractivity contribution is -0.139. The second-order valence-electron chi connectivity index (χ2n) is 7.61. The van der Waals surface area contributed by atoms with Gasteiger partial charge in [0.2, 0.25) is 0 Å². The highest BCUT2D eigenvalue weighted by molar-refractivity contribution is 6.05. The Hall–Kier alpha value is -3.38. The summed E-state index contributed by atoms with van der Waals surface area (Å²) in [5, 5.41) is 0. The Morgan fingerprint density at radius 2 is 1.61 bits per heavy atom. The van der Waals surface area contributed by atoms with Gasteiger partial charge >= 0.3 is 11.9 Å². The summed E-state index contributed by atoms with van der Waals surface area (Å²) < 4.78 is 16.4. The minimum atomic E-state index is -1.15. The van der Waals surface area contributed by atoms with Crippen LogP contribution in [0.5, 0.6) is 0 Å². The number of hydrogen-bond donors (Lipinski definition) is 0. The first-order valence-electron chi connectivity index (χ1n) is 10.1. The number of nitrogens with zero attached hydrogens (tertiary/aromatic N) is 1. The van der Waals surface area contributed by atoms with Crippen LogP contribution in [0.1, 0.15) is 5.56 Å². The first kappa shape index (κ1) is 20.9. The monoisotopic (exact) mass is 419 g/mol. The molecule has 0 saturated heterocycles. The number of likely N-dealkylation sites (N-methyl/N-ethyl adjacent to an activating group) is 1. The van der Waals surface area contributed by atoms with E-state index in [1.165, 1.54) is 14.2 Å². The number of fused-ring (bicyclic) bond motifs is 2. The Kier molecular flexibility index (Phi) is 5.65. The molecule has 2 aliphatic heterocycles. The topological polar surface area (TPSA) is 65.1 Å². The molecule has 6 heteroatoms. The molecular formula is C25H25NO5. The Balaban J connectivity index is 1.86. The first-order valence-corrected chi connectivity index (χ1v) is 10.1. The number of methoxy groups -OCH3 is 2. The zero-order valence-electron chi connectivity index (χ0n) is 17.8. The molecule has 2 aromatic rings. The fourth-order valence-corrected chi connectivity index (χ4v) is 4.48. The van der Waals surface area contributed by atoms with E-state index in [1.54, 1.807) is 0 Å². The fourth-order valence-electron chi connectivity index (χ4n) is 4.48. The van der Waals surface area contributed by atoms with Crippen molar-refractivity contribution in [1.82, 2.24) is 0 Å². The van der Waals surface area contributed by atoms with Gasteiger partial charge in [0.25, 0.3) is 0 Å². The van der Waals surface area contributed by atoms with Crippen LogP contribution in [0.2, 0.25) is 0 Å². The van der Waals surface area contributed by atoms with Crippen molar-refractivity contribution in [2.75, 3.05) is 26.2 Å². The Morgan fingerprint density at radius 1 is 1.00 bits per heavy atom. The number of anilines is 1. The maximum Gasteiger partial charge on any atom is 0.337 e. The van der Waals surface area contributed by atoms with Gasteiger partial charge in [0.15, 0.2) is 0 Å². The molecule has 6 nitrogen and oxygen atoms in total. The molecule has 0 N–H and O–H groups in total. The quantitative estimate of drug-likeness (QED) is 0.508. The van der Waals surface area contributed by atoms with Crippen LogP contribution in [-0.2, 0) is 30.2 Å². The lowest BCUT2D eigenvalue weighted by atomic mass is 9.78. The lowest BCUT2D eigenvalue weighted by Crippen LogP contribution is -2.54. The summed E-state index contributed by atoms with van der Waals surface area (Å²) in [5.41, 5.74) is 1.31. The molecule has 31 heavy (non-hydrogen) atoms. The van der Waals surface area contributed by atoms with Crippen molar-refractivity contribution in [3.05, 3.63) is 89.5 Å². The van der Waals surface area contributed by atoms with Crippen molar-refractivity contribution in [1.29, 1.82) is 0 Å². The van der Waals surface area contributed by atoms with E-state index in [-0.39, 0.29) is 17.2 Å². The average Bonchev–Trinajstić information content (AvgIpc) is 3.40. The molecule has 160 valence electrons. The van der Waals surface area contributed by atoms with Gasteiger partial charge in [0.05, 0.1) is 31.4 Å². The van der Waals surface area contributed by atoms with Gasteiger partial charge in [-0.3, -0.25) is 0 Å². The number of ether oxygens (including phenoxy) is 3. The van der Waals surface area contributed by atoms with Crippen LogP contribution >= 0.6 is 0 Å². The largest absolute Gasteiger partial charge is 0.466 e. The third kappa shape index (κ3) is 3.53. The molecule has 2 bridgehead atoms. The molecule has 0 aromatic heterocycles. The number of benzene rings is 2. The summed E-state index contributed by atoms with van der Waals surface area (Å²) in [7, 11) is 4.57. The van der Waals surface area contributed by atoms with Crippen LogP contribution < -0.4 is 4.90 Å². The molecule has 0 spiro atoms. The number of rotatable bonds is 7. The smallest absolute Gasteiger partial charge is 0.337 e. The van der Waals surface area contributed by atoms with Crippen molar-refractivity contribution in [2.45, 2.75) is 24.2 Å². The predicted octanol–water partition coefficient (Wildman–Crippen LogP) is 3.08. The molecular weight excluding hydrogens is 394 g/mol. The van der Waals surface area contributed by atoms with E-state index >= 15 is 0 Å². The van der Waals surface area contributed by atoms with E-state index in [9.17, 15) is 9.59 Å². The molecule has 2 aromatic carbocycles. The van der Waals surface area contributed by atoms with Crippen LogP contribution in [-0.4, -0.2) is 51.0 Å². The second kappa shape index (κ2) is 8.40. The Labute approximate surface area is 181 Å². The third-order valence-corrected chi connectivity index (χ3v) is 5.98. The highest BCUT2D eigenvalue weighted by atomic mass is 16.6. The second-order valence-corrected chi connectivity index (χ2v) is 7.61. The van der Waals surface area contributed by atoms with Crippen LogP contribution in [0.15, 0.2) is 84.0 Å². The standard InChI is InChI=1S/C25H25NO5/c1-26(18-12-8-5-9-13-18)20(16-17-10-6-4-7-11-17)25-15-14-19(31-25)21(23(27)29-2)22(25)24(28)30-3/h4-15,19-20H,16H2,1-3H3. The zero-order chi connectivity index (χ0) is 22.0. The summed E-state index contributed by atoms with van der Waals surface area (Å²) in [6.45, 7) is 0. The lowest BCUT2D eigenvalue weighted by Gasteiger charge is -2.41. The van der Waals surface area contributed by atoms with Gasteiger partial charge in [-0.15, -0.1) is 0 Å². The van der Waals surface area contributed by atoms with Gasteiger partial charge in [0.1, 0.15) is 11.7 Å². The number of carbonyl (C=O) groups is 2. The van der Waals surface area contributed by atoms with Crippen molar-refractivity contribution in [3.8, 4) is 0 Å². The SMILES string of the molecule is COC(=O)C1=C(C(=O)OC)C2(C(Cc3ccccc3)N(C)c3ccccc3)C=CC1O2. The highest BCUT2D eigenvalue weighted by Crippen LogP contribution is 2.48. The van der Waals surface area contributed by atoms with Crippen molar-refractivity contribution >= 4 is 17.6 Å². The maximum absolute atomic E-state index is 12.9. The molecule has 0 aliphatic carbocycles. The molecule has 0 saturated carbocycles. The Bertz CT molecular complexity index is 1030. The summed E-state index contributed by atoms with van der Waals surface area (Å²) in [4.78, 5) is 27.6. The number of hydrogen-bond acceptors (Lipinski definition) is 6. The zero-order valence-corrected chi connectivity index (χ0v) is 17.8. The van der Waals surface area contributed by atoms with E-state index in [0.717, 1.165) is 11.3 Å². The maximum atomic E-state index is 12.9. The van der Waals surface area contributed by atoms with Crippen LogP contribution in [0.25, 0.3) is 0 Å². The third-order valence-electron chi connectivity index (χ3n) is 5.98. The van der Waals surface area contributed by atoms with Crippen LogP contribution in [0.3, 0.4) is 0 Å². The molecule has 0 amide bonds. The average molecular weight is 419 g/mol. The summed E-state index contributed by atoms with van der Waals surface area (Å²) in [5.74, 6) is -1.18. The van der Waals surface area contributed by atoms with E-state index in [2.05, 4.69) is 4.90 Å². The van der Waals surface area contributed by atoms with Crippen molar-refractivity contribution < 1.29 is 23.8 Å². The summed E-state index contributed by atoms with van der Waals surface area (Å²) >= 11 is 0. The van der Waals surface area contributed by atoms with E-state index in [1.807, 2.05) is 79.9 Å². The van der Waals surface area contributed by atoms with E-state index in [4.69, 9.17) is 14.2 Å². The molecule has 3 atom stereocenters. The normalized spacial score (nSPS) is 22.4. The molecule has 4 rings (SSSR count). The molecule has 2 heterocycles. The van der Waals surface area contributed by atoms with Crippen LogP contribution in [0.4, 0.5) is 5.69 Å².